The van der Waals surface area contributed by atoms with Gasteiger partial charge in [0.25, 0.3) is 0 Å². The fourth-order valence-electron chi connectivity index (χ4n) is 3.06. The van der Waals surface area contributed by atoms with Crippen LogP contribution in [0.2, 0.25) is 0 Å². The van der Waals surface area contributed by atoms with Crippen LogP contribution in [-0.2, 0) is 19.3 Å². The second kappa shape index (κ2) is 6.27. The summed E-state index contributed by atoms with van der Waals surface area (Å²) in [6.45, 7) is 3.25. The molecule has 1 N–H and O–H groups in total. The topological polar surface area (TPSA) is 25.2 Å². The SMILES string of the molecule is CCCNC(Cc1ccco1)c1ccc2c(c1)CCC2. The standard InChI is InChI=1S/C18H23NO/c1-2-10-19-18(13-17-7-4-11-20-17)16-9-8-14-5-3-6-15(14)12-16/h4,7-9,11-12,18-19H,2-3,5-6,10,13H2,1H3. The number of aryl methyl sites for hydroxylation is 2. The first kappa shape index (κ1) is 13.4. The van der Waals surface area contributed by atoms with E-state index in [0.717, 1.165) is 25.1 Å². The molecule has 1 unspecified atom stereocenters. The van der Waals surface area contributed by atoms with Gasteiger partial charge >= 0.3 is 0 Å². The summed E-state index contributed by atoms with van der Waals surface area (Å²) in [5, 5.41) is 3.66. The maximum atomic E-state index is 5.52. The lowest BCUT2D eigenvalue weighted by Gasteiger charge is -2.19. The Kier molecular flexibility index (Phi) is 4.22. The van der Waals surface area contributed by atoms with Crippen LogP contribution in [0.15, 0.2) is 41.0 Å². The average Bonchev–Trinajstić information content (AvgIpc) is 3.13. The molecule has 2 aromatic rings. The summed E-state index contributed by atoms with van der Waals surface area (Å²) in [4.78, 5) is 0. The second-order valence-electron chi connectivity index (χ2n) is 5.67. The van der Waals surface area contributed by atoms with E-state index in [0.29, 0.717) is 6.04 Å². The van der Waals surface area contributed by atoms with Gasteiger partial charge in [-0.3, -0.25) is 0 Å². The first-order valence-corrected chi connectivity index (χ1v) is 7.74. The molecule has 2 heteroatoms. The van der Waals surface area contributed by atoms with Gasteiger partial charge in [0.2, 0.25) is 0 Å². The molecule has 20 heavy (non-hydrogen) atoms. The molecular weight excluding hydrogens is 246 g/mol. The predicted octanol–water partition coefficient (Wildman–Crippen LogP) is 4.05. The molecule has 0 aliphatic heterocycles. The van der Waals surface area contributed by atoms with E-state index in [9.17, 15) is 0 Å². The van der Waals surface area contributed by atoms with Gasteiger partial charge in [0.15, 0.2) is 0 Å². The third-order valence-electron chi connectivity index (χ3n) is 4.15. The van der Waals surface area contributed by atoms with Crippen molar-refractivity contribution in [2.75, 3.05) is 6.54 Å². The van der Waals surface area contributed by atoms with Crippen molar-refractivity contribution >= 4 is 0 Å². The normalized spacial score (nSPS) is 15.2. The zero-order valence-electron chi connectivity index (χ0n) is 12.2. The first-order valence-electron chi connectivity index (χ1n) is 7.74. The molecule has 1 heterocycles. The summed E-state index contributed by atoms with van der Waals surface area (Å²) in [6.07, 6.45) is 7.63. The van der Waals surface area contributed by atoms with Crippen LogP contribution in [-0.4, -0.2) is 6.54 Å². The number of hydrogen-bond acceptors (Lipinski definition) is 2. The van der Waals surface area contributed by atoms with Crippen LogP contribution in [0.25, 0.3) is 0 Å². The number of nitrogens with one attached hydrogen (secondary N) is 1. The van der Waals surface area contributed by atoms with E-state index in [-0.39, 0.29) is 0 Å². The Hall–Kier alpha value is -1.54. The van der Waals surface area contributed by atoms with Crippen LogP contribution < -0.4 is 5.32 Å². The lowest BCUT2D eigenvalue weighted by Crippen LogP contribution is -2.24. The van der Waals surface area contributed by atoms with E-state index in [4.69, 9.17) is 4.42 Å². The minimum absolute atomic E-state index is 0.354. The van der Waals surface area contributed by atoms with Gasteiger partial charge in [-0.25, -0.2) is 0 Å². The molecule has 0 spiro atoms. The Balaban J connectivity index is 1.80. The molecule has 1 aromatic heterocycles. The molecule has 0 radical (unpaired) electrons. The molecule has 1 aliphatic rings. The highest BCUT2D eigenvalue weighted by atomic mass is 16.3. The van der Waals surface area contributed by atoms with E-state index in [2.05, 4.69) is 36.5 Å². The Morgan fingerprint density at radius 1 is 1.20 bits per heavy atom. The van der Waals surface area contributed by atoms with Crippen LogP contribution >= 0.6 is 0 Å². The summed E-state index contributed by atoms with van der Waals surface area (Å²) in [5.41, 5.74) is 4.49. The second-order valence-corrected chi connectivity index (χ2v) is 5.67. The largest absolute Gasteiger partial charge is 0.469 e. The van der Waals surface area contributed by atoms with Gasteiger partial charge in [0, 0.05) is 12.5 Å². The quantitative estimate of drug-likeness (QED) is 0.855. The highest BCUT2D eigenvalue weighted by Gasteiger charge is 2.17. The first-order chi connectivity index (χ1) is 9.86. The van der Waals surface area contributed by atoms with Crippen LogP contribution in [0, 0.1) is 0 Å². The van der Waals surface area contributed by atoms with Crippen LogP contribution in [0.5, 0.6) is 0 Å². The number of rotatable bonds is 6. The molecule has 0 bridgehead atoms. The Morgan fingerprint density at radius 2 is 2.10 bits per heavy atom. The molecule has 3 rings (SSSR count). The molecule has 0 saturated heterocycles. The molecule has 1 aliphatic carbocycles. The van der Waals surface area contributed by atoms with E-state index < -0.39 is 0 Å². The maximum absolute atomic E-state index is 5.52. The molecular formula is C18H23NO. The summed E-state index contributed by atoms with van der Waals surface area (Å²) < 4.78 is 5.52. The fraction of sp³-hybridized carbons (Fsp3) is 0.444. The number of furan rings is 1. The summed E-state index contributed by atoms with van der Waals surface area (Å²) in [7, 11) is 0. The monoisotopic (exact) mass is 269 g/mol. The zero-order chi connectivity index (χ0) is 13.8. The molecule has 0 fully saturated rings. The Labute approximate surface area is 121 Å². The lowest BCUT2D eigenvalue weighted by atomic mass is 9.98. The molecule has 0 saturated carbocycles. The summed E-state index contributed by atoms with van der Waals surface area (Å²) in [6, 6.07) is 11.4. The number of benzene rings is 1. The van der Waals surface area contributed by atoms with Crippen molar-refractivity contribution < 1.29 is 4.42 Å². The van der Waals surface area contributed by atoms with Crippen molar-refractivity contribution in [1.29, 1.82) is 0 Å². The number of hydrogen-bond donors (Lipinski definition) is 1. The van der Waals surface area contributed by atoms with Gasteiger partial charge in [-0.1, -0.05) is 25.1 Å². The summed E-state index contributed by atoms with van der Waals surface area (Å²) in [5.74, 6) is 1.05. The van der Waals surface area contributed by atoms with E-state index in [1.165, 1.54) is 24.8 Å². The van der Waals surface area contributed by atoms with Crippen LogP contribution in [0.4, 0.5) is 0 Å². The van der Waals surface area contributed by atoms with Crippen molar-refractivity contribution in [2.24, 2.45) is 0 Å². The van der Waals surface area contributed by atoms with Gasteiger partial charge in [0.05, 0.1) is 6.26 Å². The Bertz CT molecular complexity index is 545. The average molecular weight is 269 g/mol. The molecule has 106 valence electrons. The van der Waals surface area contributed by atoms with Crippen molar-refractivity contribution in [2.45, 2.75) is 45.1 Å². The molecule has 0 amide bonds. The minimum Gasteiger partial charge on any atom is -0.469 e. The van der Waals surface area contributed by atoms with Gasteiger partial charge in [-0.2, -0.15) is 0 Å². The van der Waals surface area contributed by atoms with Gasteiger partial charge < -0.3 is 9.73 Å². The van der Waals surface area contributed by atoms with Crippen LogP contribution in [0.3, 0.4) is 0 Å². The zero-order valence-corrected chi connectivity index (χ0v) is 12.2. The molecule has 1 aromatic carbocycles. The highest BCUT2D eigenvalue weighted by Crippen LogP contribution is 2.27. The smallest absolute Gasteiger partial charge is 0.105 e. The maximum Gasteiger partial charge on any atom is 0.105 e. The van der Waals surface area contributed by atoms with Gasteiger partial charge in [-0.05, 0) is 61.1 Å². The van der Waals surface area contributed by atoms with Gasteiger partial charge in [-0.15, -0.1) is 0 Å². The Morgan fingerprint density at radius 3 is 2.90 bits per heavy atom. The highest BCUT2D eigenvalue weighted by molar-refractivity contribution is 5.36. The molecule has 2 nitrogen and oxygen atoms in total. The third kappa shape index (κ3) is 2.96. The molecule has 1 atom stereocenters. The van der Waals surface area contributed by atoms with Crippen molar-refractivity contribution in [3.8, 4) is 0 Å². The van der Waals surface area contributed by atoms with Crippen molar-refractivity contribution in [3.63, 3.8) is 0 Å². The van der Waals surface area contributed by atoms with E-state index in [1.807, 2.05) is 6.07 Å². The van der Waals surface area contributed by atoms with E-state index >= 15 is 0 Å². The fourth-order valence-corrected chi connectivity index (χ4v) is 3.06. The van der Waals surface area contributed by atoms with Crippen molar-refractivity contribution in [3.05, 3.63) is 59.0 Å². The minimum atomic E-state index is 0.354. The van der Waals surface area contributed by atoms with Crippen molar-refractivity contribution in [1.82, 2.24) is 5.32 Å². The van der Waals surface area contributed by atoms with Gasteiger partial charge in [0.1, 0.15) is 5.76 Å². The lowest BCUT2D eigenvalue weighted by molar-refractivity contribution is 0.449. The predicted molar refractivity (Wildman–Crippen MR) is 81.9 cm³/mol. The third-order valence-corrected chi connectivity index (χ3v) is 4.15. The van der Waals surface area contributed by atoms with E-state index in [1.54, 1.807) is 17.4 Å². The summed E-state index contributed by atoms with van der Waals surface area (Å²) >= 11 is 0. The number of fused-ring (bicyclic) bond motifs is 1. The van der Waals surface area contributed by atoms with Crippen LogP contribution in [0.1, 0.15) is 48.3 Å².